The highest BCUT2D eigenvalue weighted by Gasteiger charge is 2.33. The molecular weight excluding hydrogens is 234 g/mol. The molecule has 0 amide bonds. The first kappa shape index (κ1) is 12.9. The molecule has 3 rings (SSSR count). The summed E-state index contributed by atoms with van der Waals surface area (Å²) >= 11 is 0. The highest BCUT2D eigenvalue weighted by Crippen LogP contribution is 2.31. The first-order valence-corrected chi connectivity index (χ1v) is 7.52. The zero-order chi connectivity index (χ0) is 13.3. The van der Waals surface area contributed by atoms with E-state index in [2.05, 4.69) is 30.4 Å². The zero-order valence-electron chi connectivity index (χ0n) is 11.8. The van der Waals surface area contributed by atoms with E-state index >= 15 is 0 Å². The summed E-state index contributed by atoms with van der Waals surface area (Å²) in [5, 5.41) is 3.34. The number of hydrogen-bond donors (Lipinski definition) is 1. The molecule has 1 aromatic carbocycles. The van der Waals surface area contributed by atoms with Crippen molar-refractivity contribution in [1.82, 2.24) is 5.32 Å². The summed E-state index contributed by atoms with van der Waals surface area (Å²) in [4.78, 5) is 12.6. The Morgan fingerprint density at radius 2 is 1.95 bits per heavy atom. The minimum atomic E-state index is -0.107. The molecule has 1 fully saturated rings. The van der Waals surface area contributed by atoms with Crippen LogP contribution in [0.4, 0.5) is 0 Å². The maximum Gasteiger partial charge on any atom is 0.143 e. The normalized spacial score (nSPS) is 21.1. The fourth-order valence-electron chi connectivity index (χ4n) is 3.39. The number of nitrogens with one attached hydrogen (secondary N) is 1. The van der Waals surface area contributed by atoms with Gasteiger partial charge in [-0.05, 0) is 61.9 Å². The van der Waals surface area contributed by atoms with Gasteiger partial charge in [0.1, 0.15) is 5.78 Å². The van der Waals surface area contributed by atoms with Crippen molar-refractivity contribution < 1.29 is 4.79 Å². The van der Waals surface area contributed by atoms with E-state index in [-0.39, 0.29) is 5.41 Å². The predicted molar refractivity (Wildman–Crippen MR) is 77.4 cm³/mol. The van der Waals surface area contributed by atoms with E-state index in [4.69, 9.17) is 0 Å². The second kappa shape index (κ2) is 5.09. The van der Waals surface area contributed by atoms with Gasteiger partial charge in [-0.15, -0.1) is 0 Å². The summed E-state index contributed by atoms with van der Waals surface area (Å²) in [6.45, 7) is 4.10. The van der Waals surface area contributed by atoms with Crippen LogP contribution in [0.15, 0.2) is 18.2 Å². The number of fused-ring (bicyclic) bond motifs is 1. The molecule has 0 aromatic heterocycles. The number of hydrogen-bond acceptors (Lipinski definition) is 2. The molecule has 2 heteroatoms. The molecule has 1 aromatic rings. The smallest absolute Gasteiger partial charge is 0.143 e. The van der Waals surface area contributed by atoms with Crippen LogP contribution in [0.1, 0.15) is 42.9 Å². The lowest BCUT2D eigenvalue weighted by Gasteiger charge is -2.32. The summed E-state index contributed by atoms with van der Waals surface area (Å²) in [6.07, 6.45) is 6.26. The molecule has 19 heavy (non-hydrogen) atoms. The number of piperidine rings is 1. The molecule has 2 nitrogen and oxygen atoms in total. The van der Waals surface area contributed by atoms with Gasteiger partial charge in [0, 0.05) is 11.8 Å². The molecule has 1 aliphatic carbocycles. The number of benzene rings is 1. The van der Waals surface area contributed by atoms with Crippen LogP contribution in [-0.2, 0) is 24.1 Å². The molecule has 2 aliphatic rings. The Hall–Kier alpha value is -1.15. The number of rotatable bonds is 3. The molecule has 1 aliphatic heterocycles. The van der Waals surface area contributed by atoms with E-state index in [1.165, 1.54) is 36.0 Å². The molecule has 0 atom stereocenters. The highest BCUT2D eigenvalue weighted by atomic mass is 16.1. The average Bonchev–Trinajstić information content (AvgIpc) is 2.87. The molecule has 0 bridgehead atoms. The van der Waals surface area contributed by atoms with E-state index in [9.17, 15) is 4.79 Å². The fourth-order valence-corrected chi connectivity index (χ4v) is 3.39. The first-order chi connectivity index (χ1) is 9.17. The summed E-state index contributed by atoms with van der Waals surface area (Å²) in [5.41, 5.74) is 4.07. The van der Waals surface area contributed by atoms with Crippen molar-refractivity contribution in [3.05, 3.63) is 34.9 Å². The van der Waals surface area contributed by atoms with Gasteiger partial charge in [0.15, 0.2) is 0 Å². The van der Waals surface area contributed by atoms with Gasteiger partial charge in [0.25, 0.3) is 0 Å². The van der Waals surface area contributed by atoms with E-state index < -0.39 is 0 Å². The van der Waals surface area contributed by atoms with E-state index in [0.29, 0.717) is 12.2 Å². The van der Waals surface area contributed by atoms with Gasteiger partial charge in [0.2, 0.25) is 0 Å². The van der Waals surface area contributed by atoms with Gasteiger partial charge in [-0.2, -0.15) is 0 Å². The summed E-state index contributed by atoms with van der Waals surface area (Å²) < 4.78 is 0. The minimum absolute atomic E-state index is 0.107. The lowest BCUT2D eigenvalue weighted by molar-refractivity contribution is -0.128. The topological polar surface area (TPSA) is 29.1 Å². The molecule has 0 saturated carbocycles. The van der Waals surface area contributed by atoms with Crippen molar-refractivity contribution in [2.24, 2.45) is 5.41 Å². The maximum atomic E-state index is 12.6. The van der Waals surface area contributed by atoms with Crippen LogP contribution < -0.4 is 5.32 Å². The zero-order valence-corrected chi connectivity index (χ0v) is 11.8. The van der Waals surface area contributed by atoms with Crippen molar-refractivity contribution in [3.63, 3.8) is 0 Å². The number of carbonyl (C=O) groups is 1. The Balaban J connectivity index is 1.72. The van der Waals surface area contributed by atoms with Crippen molar-refractivity contribution in [1.29, 1.82) is 0 Å². The van der Waals surface area contributed by atoms with Crippen LogP contribution in [0.3, 0.4) is 0 Å². The van der Waals surface area contributed by atoms with Crippen molar-refractivity contribution in [2.75, 3.05) is 13.1 Å². The van der Waals surface area contributed by atoms with Crippen molar-refractivity contribution in [2.45, 2.75) is 45.4 Å². The summed E-state index contributed by atoms with van der Waals surface area (Å²) in [5.74, 6) is 0.423. The van der Waals surface area contributed by atoms with E-state index in [1.807, 2.05) is 0 Å². The Bertz CT molecular complexity index is 486. The van der Waals surface area contributed by atoms with E-state index in [0.717, 1.165) is 25.9 Å². The first-order valence-electron chi connectivity index (χ1n) is 7.52. The van der Waals surface area contributed by atoms with Gasteiger partial charge >= 0.3 is 0 Å². The molecule has 0 radical (unpaired) electrons. The Kier molecular flexibility index (Phi) is 3.44. The van der Waals surface area contributed by atoms with Crippen molar-refractivity contribution in [3.8, 4) is 0 Å². The second-order valence-electron chi connectivity index (χ2n) is 6.37. The second-order valence-corrected chi connectivity index (χ2v) is 6.37. The summed E-state index contributed by atoms with van der Waals surface area (Å²) in [7, 11) is 0. The van der Waals surface area contributed by atoms with Gasteiger partial charge in [-0.1, -0.05) is 25.1 Å². The van der Waals surface area contributed by atoms with Gasteiger partial charge < -0.3 is 5.32 Å². The molecule has 0 spiro atoms. The Morgan fingerprint density at radius 1 is 1.21 bits per heavy atom. The average molecular weight is 257 g/mol. The molecule has 1 saturated heterocycles. The third kappa shape index (κ3) is 2.59. The highest BCUT2D eigenvalue weighted by molar-refractivity contribution is 5.86. The van der Waals surface area contributed by atoms with Crippen molar-refractivity contribution >= 4 is 5.78 Å². The molecule has 1 heterocycles. The SMILES string of the molecule is CC1(C(=O)Cc2ccc3c(c2)CCC3)CCNCC1. The lowest BCUT2D eigenvalue weighted by atomic mass is 9.75. The molecular formula is C17H23NO. The molecule has 1 N–H and O–H groups in total. The summed E-state index contributed by atoms with van der Waals surface area (Å²) in [6, 6.07) is 6.66. The van der Waals surface area contributed by atoms with Crippen LogP contribution in [0, 0.1) is 5.41 Å². The minimum Gasteiger partial charge on any atom is -0.317 e. The van der Waals surface area contributed by atoms with Crippen LogP contribution >= 0.6 is 0 Å². The monoisotopic (exact) mass is 257 g/mol. The van der Waals surface area contributed by atoms with Crippen LogP contribution in [0.5, 0.6) is 0 Å². The predicted octanol–water partition coefficient (Wildman–Crippen LogP) is 2.68. The largest absolute Gasteiger partial charge is 0.317 e. The van der Waals surface area contributed by atoms with Gasteiger partial charge in [-0.25, -0.2) is 0 Å². The Morgan fingerprint density at radius 3 is 2.74 bits per heavy atom. The number of Topliss-reactive ketones (excluding diaryl/α,β-unsaturated/α-hetero) is 1. The number of ketones is 1. The van der Waals surface area contributed by atoms with E-state index in [1.54, 1.807) is 0 Å². The molecule has 102 valence electrons. The molecule has 0 unspecified atom stereocenters. The quantitative estimate of drug-likeness (QED) is 0.902. The fraction of sp³-hybridized carbons (Fsp3) is 0.588. The lowest BCUT2D eigenvalue weighted by Crippen LogP contribution is -2.40. The van der Waals surface area contributed by atoms with Gasteiger partial charge in [-0.3, -0.25) is 4.79 Å². The third-order valence-corrected chi connectivity index (χ3v) is 4.91. The Labute approximate surface area is 115 Å². The third-order valence-electron chi connectivity index (χ3n) is 4.91. The number of carbonyl (C=O) groups excluding carboxylic acids is 1. The van der Waals surface area contributed by atoms with Crippen LogP contribution in [-0.4, -0.2) is 18.9 Å². The van der Waals surface area contributed by atoms with Gasteiger partial charge in [0.05, 0.1) is 0 Å². The number of aryl methyl sites for hydroxylation is 2. The van der Waals surface area contributed by atoms with Crippen LogP contribution in [0.2, 0.25) is 0 Å². The standard InChI is InChI=1S/C17H23NO/c1-17(7-9-18-10-8-17)16(19)12-13-5-6-14-3-2-4-15(14)11-13/h5-6,11,18H,2-4,7-10,12H2,1H3. The van der Waals surface area contributed by atoms with Crippen LogP contribution in [0.25, 0.3) is 0 Å². The maximum absolute atomic E-state index is 12.6.